The molecule has 0 aliphatic heterocycles. The standard InChI is InChI=1S/C15H20N4OS.2ClH/c1-2-5-16-7-8-18-14(20)9-13-11-21-15(19-13)12-4-3-6-17-10-12;;/h3-4,6,10-11,16H,2,5,7-9H2,1H3,(H,18,20);2*1H. The molecule has 0 spiro atoms. The molecular formula is C15H22Cl2N4OS. The Morgan fingerprint density at radius 1 is 1.26 bits per heavy atom. The summed E-state index contributed by atoms with van der Waals surface area (Å²) in [5.74, 6) is 0.0105. The first-order valence-electron chi connectivity index (χ1n) is 7.12. The van der Waals surface area contributed by atoms with Gasteiger partial charge in [0, 0.05) is 36.4 Å². The summed E-state index contributed by atoms with van der Waals surface area (Å²) in [6.45, 7) is 4.56. The summed E-state index contributed by atoms with van der Waals surface area (Å²) >= 11 is 1.54. The van der Waals surface area contributed by atoms with Crippen molar-refractivity contribution in [3.05, 3.63) is 35.6 Å². The van der Waals surface area contributed by atoms with Gasteiger partial charge in [-0.05, 0) is 25.1 Å². The molecule has 0 saturated heterocycles. The summed E-state index contributed by atoms with van der Waals surface area (Å²) in [5.41, 5.74) is 1.79. The Labute approximate surface area is 153 Å². The Bertz CT molecular complexity index is 566. The zero-order valence-electron chi connectivity index (χ0n) is 12.9. The van der Waals surface area contributed by atoms with E-state index in [0.717, 1.165) is 35.8 Å². The van der Waals surface area contributed by atoms with Gasteiger partial charge < -0.3 is 10.6 Å². The first kappa shape index (κ1) is 21.8. The lowest BCUT2D eigenvalue weighted by Gasteiger charge is -2.04. The van der Waals surface area contributed by atoms with Crippen molar-refractivity contribution < 1.29 is 4.79 Å². The van der Waals surface area contributed by atoms with E-state index in [2.05, 4.69) is 27.5 Å². The third kappa shape index (κ3) is 7.74. The van der Waals surface area contributed by atoms with Crippen molar-refractivity contribution in [2.45, 2.75) is 19.8 Å². The van der Waals surface area contributed by atoms with Crippen LogP contribution in [0, 0.1) is 0 Å². The molecule has 0 bridgehead atoms. The van der Waals surface area contributed by atoms with E-state index in [1.54, 1.807) is 12.4 Å². The minimum Gasteiger partial charge on any atom is -0.354 e. The van der Waals surface area contributed by atoms with Crippen molar-refractivity contribution in [3.8, 4) is 10.6 Å². The number of pyridine rings is 1. The lowest BCUT2D eigenvalue weighted by molar-refractivity contribution is -0.120. The van der Waals surface area contributed by atoms with Gasteiger partial charge in [0.15, 0.2) is 0 Å². The molecular weight excluding hydrogens is 355 g/mol. The van der Waals surface area contributed by atoms with Crippen LogP contribution in [0.5, 0.6) is 0 Å². The Hall–Kier alpha value is -1.21. The van der Waals surface area contributed by atoms with E-state index in [4.69, 9.17) is 0 Å². The number of thiazole rings is 1. The highest BCUT2D eigenvalue weighted by Gasteiger charge is 2.08. The highest BCUT2D eigenvalue weighted by atomic mass is 35.5. The largest absolute Gasteiger partial charge is 0.354 e. The smallest absolute Gasteiger partial charge is 0.226 e. The van der Waals surface area contributed by atoms with E-state index < -0.39 is 0 Å². The quantitative estimate of drug-likeness (QED) is 0.695. The lowest BCUT2D eigenvalue weighted by atomic mass is 10.3. The predicted molar refractivity (Wildman–Crippen MR) is 99.7 cm³/mol. The van der Waals surface area contributed by atoms with Gasteiger partial charge in [0.2, 0.25) is 5.91 Å². The average Bonchev–Trinajstić information content (AvgIpc) is 2.96. The van der Waals surface area contributed by atoms with Crippen molar-refractivity contribution in [3.63, 3.8) is 0 Å². The fraction of sp³-hybridized carbons (Fsp3) is 0.400. The molecule has 2 rings (SSSR count). The second kappa shape index (κ2) is 12.2. The zero-order chi connectivity index (χ0) is 14.9. The van der Waals surface area contributed by atoms with Crippen LogP contribution in [0.2, 0.25) is 0 Å². The highest BCUT2D eigenvalue weighted by Crippen LogP contribution is 2.22. The minimum absolute atomic E-state index is 0. The number of carbonyl (C=O) groups excluding carboxylic acids is 1. The van der Waals surface area contributed by atoms with Gasteiger partial charge in [-0.1, -0.05) is 6.92 Å². The molecule has 0 atom stereocenters. The number of hydrogen-bond donors (Lipinski definition) is 2. The summed E-state index contributed by atoms with van der Waals surface area (Å²) < 4.78 is 0. The molecule has 8 heteroatoms. The Morgan fingerprint density at radius 2 is 2.09 bits per heavy atom. The molecule has 0 aromatic carbocycles. The third-order valence-electron chi connectivity index (χ3n) is 2.85. The first-order chi connectivity index (χ1) is 10.3. The van der Waals surface area contributed by atoms with Crippen molar-refractivity contribution >= 4 is 42.1 Å². The molecule has 0 unspecified atom stereocenters. The van der Waals surface area contributed by atoms with Gasteiger partial charge in [0.1, 0.15) is 5.01 Å². The van der Waals surface area contributed by atoms with Gasteiger partial charge in [0.05, 0.1) is 12.1 Å². The monoisotopic (exact) mass is 376 g/mol. The summed E-state index contributed by atoms with van der Waals surface area (Å²) in [6.07, 6.45) is 4.94. The fourth-order valence-corrected chi connectivity index (χ4v) is 2.64. The molecule has 0 aliphatic carbocycles. The molecule has 2 heterocycles. The molecule has 0 saturated carbocycles. The van der Waals surface area contributed by atoms with Gasteiger partial charge >= 0.3 is 0 Å². The summed E-state index contributed by atoms with van der Waals surface area (Å²) in [4.78, 5) is 20.4. The SMILES string of the molecule is CCCNCCNC(=O)Cc1csc(-c2cccnc2)n1.Cl.Cl. The number of hydrogen-bond acceptors (Lipinski definition) is 5. The van der Waals surface area contributed by atoms with Crippen molar-refractivity contribution in [2.24, 2.45) is 0 Å². The molecule has 128 valence electrons. The summed E-state index contributed by atoms with van der Waals surface area (Å²) in [7, 11) is 0. The maximum atomic E-state index is 11.8. The molecule has 1 amide bonds. The highest BCUT2D eigenvalue weighted by molar-refractivity contribution is 7.13. The number of nitrogens with one attached hydrogen (secondary N) is 2. The van der Waals surface area contributed by atoms with Crippen LogP contribution in [0.25, 0.3) is 10.6 Å². The van der Waals surface area contributed by atoms with Crippen LogP contribution in [0.15, 0.2) is 29.9 Å². The van der Waals surface area contributed by atoms with Crippen LogP contribution >= 0.6 is 36.2 Å². The zero-order valence-corrected chi connectivity index (χ0v) is 15.4. The fourth-order valence-electron chi connectivity index (χ4n) is 1.83. The molecule has 0 fully saturated rings. The van der Waals surface area contributed by atoms with Gasteiger partial charge in [0.25, 0.3) is 0 Å². The molecule has 2 aromatic rings. The van der Waals surface area contributed by atoms with Crippen LogP contribution in [0.4, 0.5) is 0 Å². The topological polar surface area (TPSA) is 66.9 Å². The molecule has 2 aromatic heterocycles. The number of amides is 1. The van der Waals surface area contributed by atoms with Crippen LogP contribution in [-0.4, -0.2) is 35.5 Å². The number of aromatic nitrogens is 2. The molecule has 5 nitrogen and oxygen atoms in total. The van der Waals surface area contributed by atoms with E-state index in [-0.39, 0.29) is 30.7 Å². The lowest BCUT2D eigenvalue weighted by Crippen LogP contribution is -2.33. The summed E-state index contributed by atoms with van der Waals surface area (Å²) in [5, 5.41) is 8.96. The average molecular weight is 377 g/mol. The van der Waals surface area contributed by atoms with Crippen LogP contribution in [0.1, 0.15) is 19.0 Å². The van der Waals surface area contributed by atoms with E-state index in [9.17, 15) is 4.79 Å². The van der Waals surface area contributed by atoms with Gasteiger partial charge in [-0.3, -0.25) is 9.78 Å². The van der Waals surface area contributed by atoms with Gasteiger partial charge in [-0.2, -0.15) is 0 Å². The van der Waals surface area contributed by atoms with Gasteiger partial charge in [-0.25, -0.2) is 4.98 Å². The van der Waals surface area contributed by atoms with Crippen LogP contribution < -0.4 is 10.6 Å². The maximum absolute atomic E-state index is 11.8. The Morgan fingerprint density at radius 3 is 2.78 bits per heavy atom. The first-order valence-corrected chi connectivity index (χ1v) is 7.99. The Balaban J connectivity index is 0.00000242. The molecule has 0 aliphatic rings. The van der Waals surface area contributed by atoms with Crippen LogP contribution in [-0.2, 0) is 11.2 Å². The number of nitrogens with zero attached hydrogens (tertiary/aromatic N) is 2. The predicted octanol–water partition coefficient (Wildman–Crippen LogP) is 2.71. The normalized spacial score (nSPS) is 9.61. The maximum Gasteiger partial charge on any atom is 0.226 e. The third-order valence-corrected chi connectivity index (χ3v) is 3.79. The van der Waals surface area contributed by atoms with Crippen molar-refractivity contribution in [1.82, 2.24) is 20.6 Å². The van der Waals surface area contributed by atoms with Gasteiger partial charge in [-0.15, -0.1) is 36.2 Å². The van der Waals surface area contributed by atoms with E-state index in [1.807, 2.05) is 17.5 Å². The number of halogens is 2. The molecule has 23 heavy (non-hydrogen) atoms. The number of rotatable bonds is 8. The Kier molecular flexibility index (Phi) is 11.6. The molecule has 0 radical (unpaired) electrons. The minimum atomic E-state index is 0. The second-order valence-corrected chi connectivity index (χ2v) is 5.52. The number of carbonyl (C=O) groups is 1. The van der Waals surface area contributed by atoms with Crippen molar-refractivity contribution in [1.29, 1.82) is 0 Å². The van der Waals surface area contributed by atoms with E-state index >= 15 is 0 Å². The summed E-state index contributed by atoms with van der Waals surface area (Å²) in [6, 6.07) is 3.85. The molecule has 2 N–H and O–H groups in total. The van der Waals surface area contributed by atoms with E-state index in [1.165, 1.54) is 11.3 Å². The van der Waals surface area contributed by atoms with Crippen molar-refractivity contribution in [2.75, 3.05) is 19.6 Å². The van der Waals surface area contributed by atoms with E-state index in [0.29, 0.717) is 13.0 Å². The van der Waals surface area contributed by atoms with Crippen LogP contribution in [0.3, 0.4) is 0 Å². The second-order valence-electron chi connectivity index (χ2n) is 4.66.